The summed E-state index contributed by atoms with van der Waals surface area (Å²) in [4.78, 5) is 0. The maximum absolute atomic E-state index is 10.5. The highest BCUT2D eigenvalue weighted by molar-refractivity contribution is 8.79. The van der Waals surface area contributed by atoms with Gasteiger partial charge in [-0.05, 0) is 13.8 Å². The second-order valence-corrected chi connectivity index (χ2v) is 9.38. The van der Waals surface area contributed by atoms with Crippen LogP contribution in [0, 0.1) is 0 Å². The van der Waals surface area contributed by atoms with Crippen molar-refractivity contribution in [2.45, 2.75) is 23.0 Å². The molecule has 0 bridgehead atoms. The molecule has 0 aromatic heterocycles. The highest BCUT2D eigenvalue weighted by Crippen LogP contribution is 2.34. The van der Waals surface area contributed by atoms with Crippen LogP contribution in [-0.4, -0.2) is 35.1 Å². The van der Waals surface area contributed by atoms with Crippen LogP contribution in [0.15, 0.2) is 0 Å². The normalized spacial score (nSPS) is 17.7. The SMILES string of the molecule is CC(SSC(C)S(=O)(=O)O)S(=O)(=O)O. The Morgan fingerprint density at radius 2 is 1.07 bits per heavy atom. The fourth-order valence-electron chi connectivity index (χ4n) is 0.256. The van der Waals surface area contributed by atoms with Gasteiger partial charge < -0.3 is 0 Å². The molecule has 0 heterocycles. The van der Waals surface area contributed by atoms with Crippen LogP contribution in [0.3, 0.4) is 0 Å². The fourth-order valence-corrected chi connectivity index (χ4v) is 4.91. The van der Waals surface area contributed by atoms with Crippen LogP contribution in [0.4, 0.5) is 0 Å². The summed E-state index contributed by atoms with van der Waals surface area (Å²) in [5.74, 6) is 0. The fraction of sp³-hybridized carbons (Fsp3) is 1.00. The first kappa shape index (κ1) is 14.5. The van der Waals surface area contributed by atoms with Gasteiger partial charge in [-0.15, -0.1) is 0 Å². The van der Waals surface area contributed by atoms with E-state index >= 15 is 0 Å². The maximum atomic E-state index is 10.5. The van der Waals surface area contributed by atoms with E-state index in [4.69, 9.17) is 9.11 Å². The first-order chi connectivity index (χ1) is 6.05. The summed E-state index contributed by atoms with van der Waals surface area (Å²) in [6.07, 6.45) is 0. The van der Waals surface area contributed by atoms with Crippen molar-refractivity contribution in [2.75, 3.05) is 0 Å². The van der Waals surface area contributed by atoms with Crippen molar-refractivity contribution >= 4 is 41.8 Å². The van der Waals surface area contributed by atoms with Crippen LogP contribution in [0.1, 0.15) is 13.8 Å². The van der Waals surface area contributed by atoms with E-state index in [-0.39, 0.29) is 0 Å². The third-order valence-corrected chi connectivity index (χ3v) is 8.33. The van der Waals surface area contributed by atoms with Crippen molar-refractivity contribution in [3.05, 3.63) is 0 Å². The van der Waals surface area contributed by atoms with Crippen molar-refractivity contribution in [3.63, 3.8) is 0 Å². The monoisotopic (exact) mass is 282 g/mol. The van der Waals surface area contributed by atoms with E-state index in [1.54, 1.807) is 0 Å². The summed E-state index contributed by atoms with van der Waals surface area (Å²) in [6, 6.07) is 0. The molecule has 6 nitrogen and oxygen atoms in total. The third-order valence-electron chi connectivity index (χ3n) is 1.17. The lowest BCUT2D eigenvalue weighted by Gasteiger charge is -2.09. The Hall–Kier alpha value is 0.520. The van der Waals surface area contributed by atoms with Gasteiger partial charge in [-0.2, -0.15) is 16.8 Å². The van der Waals surface area contributed by atoms with Crippen LogP contribution < -0.4 is 0 Å². The van der Waals surface area contributed by atoms with Crippen molar-refractivity contribution in [1.29, 1.82) is 0 Å². The van der Waals surface area contributed by atoms with E-state index in [1.165, 1.54) is 13.8 Å². The highest BCUT2D eigenvalue weighted by atomic mass is 33.1. The van der Waals surface area contributed by atoms with Crippen LogP contribution in [-0.2, 0) is 20.2 Å². The van der Waals surface area contributed by atoms with Gasteiger partial charge in [0.25, 0.3) is 20.2 Å². The largest absolute Gasteiger partial charge is 0.285 e. The Labute approximate surface area is 90.7 Å². The van der Waals surface area contributed by atoms with Crippen molar-refractivity contribution in [3.8, 4) is 0 Å². The van der Waals surface area contributed by atoms with Gasteiger partial charge in [-0.25, -0.2) is 0 Å². The number of hydrogen-bond acceptors (Lipinski definition) is 6. The van der Waals surface area contributed by atoms with E-state index in [1.807, 2.05) is 0 Å². The molecule has 0 aliphatic rings. The second kappa shape index (κ2) is 5.03. The Kier molecular flexibility index (Phi) is 5.22. The van der Waals surface area contributed by atoms with Crippen molar-refractivity contribution in [2.24, 2.45) is 0 Å². The van der Waals surface area contributed by atoms with Gasteiger partial charge in [0.05, 0.1) is 0 Å². The predicted molar refractivity (Wildman–Crippen MR) is 57.2 cm³/mol. The molecule has 10 heteroatoms. The maximum Gasteiger partial charge on any atom is 0.277 e. The molecule has 0 fully saturated rings. The molecule has 86 valence electrons. The van der Waals surface area contributed by atoms with E-state index in [2.05, 4.69) is 0 Å². The third kappa shape index (κ3) is 5.41. The smallest absolute Gasteiger partial charge is 0.277 e. The molecule has 0 amide bonds. The minimum absolute atomic E-state index is 0.658. The van der Waals surface area contributed by atoms with E-state index in [0.29, 0.717) is 21.6 Å². The van der Waals surface area contributed by atoms with Crippen LogP contribution in [0.25, 0.3) is 0 Å². The molecule has 2 N–H and O–H groups in total. The summed E-state index contributed by atoms with van der Waals surface area (Å²) in [7, 11) is -7.04. The first-order valence-electron chi connectivity index (χ1n) is 3.30. The van der Waals surface area contributed by atoms with Gasteiger partial charge in [0.15, 0.2) is 0 Å². The van der Waals surface area contributed by atoms with Crippen LogP contribution >= 0.6 is 21.6 Å². The average molecular weight is 282 g/mol. The van der Waals surface area contributed by atoms with Crippen LogP contribution in [0.5, 0.6) is 0 Å². The van der Waals surface area contributed by atoms with E-state index < -0.39 is 29.4 Å². The molecular formula is C4H10O6S4. The lowest BCUT2D eigenvalue weighted by atomic mass is 11.0. The predicted octanol–water partition coefficient (Wildman–Crippen LogP) is 0.835. The molecule has 0 aliphatic heterocycles. The Morgan fingerprint density at radius 1 is 0.857 bits per heavy atom. The van der Waals surface area contributed by atoms with E-state index in [9.17, 15) is 16.8 Å². The van der Waals surface area contributed by atoms with Gasteiger partial charge in [0.2, 0.25) is 0 Å². The van der Waals surface area contributed by atoms with Crippen molar-refractivity contribution in [1.82, 2.24) is 0 Å². The molecule has 0 saturated carbocycles. The Balaban J connectivity index is 4.23. The summed E-state index contributed by atoms with van der Waals surface area (Å²) >= 11 is 0. The molecule has 2 atom stereocenters. The molecule has 0 saturated heterocycles. The minimum Gasteiger partial charge on any atom is -0.285 e. The van der Waals surface area contributed by atoms with E-state index in [0.717, 1.165) is 0 Å². The topological polar surface area (TPSA) is 109 Å². The molecular weight excluding hydrogens is 272 g/mol. The number of rotatable bonds is 5. The quantitative estimate of drug-likeness (QED) is 0.564. The lowest BCUT2D eigenvalue weighted by molar-refractivity contribution is 0.479. The molecule has 0 radical (unpaired) electrons. The van der Waals surface area contributed by atoms with Gasteiger partial charge in [-0.1, -0.05) is 21.6 Å². The summed E-state index contributed by atoms with van der Waals surface area (Å²) in [6.45, 7) is 2.42. The van der Waals surface area contributed by atoms with Gasteiger partial charge in [0, 0.05) is 0 Å². The van der Waals surface area contributed by atoms with Crippen LogP contribution in [0.2, 0.25) is 0 Å². The Bertz CT molecular complexity index is 331. The molecule has 0 spiro atoms. The zero-order valence-corrected chi connectivity index (χ0v) is 10.6. The second-order valence-electron chi connectivity index (χ2n) is 2.36. The summed E-state index contributed by atoms with van der Waals surface area (Å²) < 4.78 is 56.8. The molecule has 14 heavy (non-hydrogen) atoms. The number of hydrogen-bond donors (Lipinski definition) is 2. The summed E-state index contributed by atoms with van der Waals surface area (Å²) in [5, 5.41) is 0. The zero-order valence-electron chi connectivity index (χ0n) is 7.32. The molecule has 0 aromatic rings. The van der Waals surface area contributed by atoms with Gasteiger partial charge >= 0.3 is 0 Å². The average Bonchev–Trinajstić information content (AvgIpc) is 1.95. The summed E-state index contributed by atoms with van der Waals surface area (Å²) in [5.41, 5.74) is 0. The van der Waals surface area contributed by atoms with Gasteiger partial charge in [0.1, 0.15) is 9.16 Å². The molecule has 2 unspecified atom stereocenters. The lowest BCUT2D eigenvalue weighted by Crippen LogP contribution is -2.15. The highest BCUT2D eigenvalue weighted by Gasteiger charge is 2.24. The van der Waals surface area contributed by atoms with Gasteiger partial charge in [-0.3, -0.25) is 9.11 Å². The molecule has 0 aromatic carbocycles. The molecule has 0 aliphatic carbocycles. The standard InChI is InChI=1S/C4H10O6S4/c1-3(13(5,6)7)11-12-4(2)14(8,9)10/h3-4H,1-2H3,(H,5,6,7)(H,8,9,10). The molecule has 0 rings (SSSR count). The zero-order chi connectivity index (χ0) is 11.6. The van der Waals surface area contributed by atoms with Crippen molar-refractivity contribution < 1.29 is 25.9 Å². The Morgan fingerprint density at radius 3 is 1.21 bits per heavy atom. The minimum atomic E-state index is -4.18. The first-order valence-corrected chi connectivity index (χ1v) is 8.58.